The molecule has 2 unspecified atom stereocenters. The van der Waals surface area contributed by atoms with Gasteiger partial charge >= 0.3 is 0 Å². The van der Waals surface area contributed by atoms with Gasteiger partial charge in [-0.25, -0.2) is 13.1 Å². The van der Waals surface area contributed by atoms with Crippen LogP contribution in [0.5, 0.6) is 0 Å². The molecule has 0 aromatic heterocycles. The molecule has 23 heavy (non-hydrogen) atoms. The van der Waals surface area contributed by atoms with Crippen molar-refractivity contribution in [3.8, 4) is 0 Å². The number of benzene rings is 1. The van der Waals surface area contributed by atoms with E-state index < -0.39 is 14.9 Å². The van der Waals surface area contributed by atoms with E-state index in [4.69, 9.17) is 0 Å². The topological polar surface area (TPSA) is 101 Å². The van der Waals surface area contributed by atoms with Gasteiger partial charge in [-0.15, -0.1) is 12.4 Å². The van der Waals surface area contributed by atoms with Gasteiger partial charge in [-0.2, -0.15) is 0 Å². The molecule has 0 aliphatic carbocycles. The first-order valence-electron chi connectivity index (χ1n) is 7.22. The minimum Gasteiger partial charge on any atom is -0.314 e. The average Bonchev–Trinajstić information content (AvgIpc) is 2.40. The number of nitro benzene ring substituents is 1. The van der Waals surface area contributed by atoms with Crippen LogP contribution in [0.1, 0.15) is 30.9 Å². The standard InChI is InChI=1S/C14H21N3O4S.ClH/c1-9-4-5-13(17(18)19)14(11(9)3)22(20,21)16-12-6-7-15-10(2)8-12;/h4-5,10,12,15-16H,6-8H2,1-3H3;1H. The molecular weight excluding hydrogens is 342 g/mol. The molecule has 1 aliphatic rings. The second kappa shape index (κ2) is 7.57. The van der Waals surface area contributed by atoms with Crippen molar-refractivity contribution in [2.75, 3.05) is 6.54 Å². The van der Waals surface area contributed by atoms with Gasteiger partial charge in [-0.05, 0) is 51.3 Å². The van der Waals surface area contributed by atoms with Crippen molar-refractivity contribution in [1.82, 2.24) is 10.0 Å². The van der Waals surface area contributed by atoms with Gasteiger partial charge in [0, 0.05) is 18.2 Å². The van der Waals surface area contributed by atoms with Crippen molar-refractivity contribution in [2.24, 2.45) is 0 Å². The smallest absolute Gasteiger partial charge is 0.289 e. The van der Waals surface area contributed by atoms with Crippen molar-refractivity contribution in [3.05, 3.63) is 33.4 Å². The summed E-state index contributed by atoms with van der Waals surface area (Å²) in [6, 6.07) is 2.83. The predicted molar refractivity (Wildman–Crippen MR) is 90.6 cm³/mol. The summed E-state index contributed by atoms with van der Waals surface area (Å²) in [7, 11) is -3.93. The molecule has 0 saturated carbocycles. The Kier molecular flexibility index (Phi) is 6.52. The SMILES string of the molecule is Cc1ccc([N+](=O)[O-])c(S(=O)(=O)NC2CCNC(C)C2)c1C.Cl. The maximum Gasteiger partial charge on any atom is 0.289 e. The first kappa shape index (κ1) is 19.8. The van der Waals surface area contributed by atoms with Gasteiger partial charge < -0.3 is 5.32 Å². The Labute approximate surface area is 142 Å². The molecule has 0 bridgehead atoms. The van der Waals surface area contributed by atoms with Gasteiger partial charge in [0.15, 0.2) is 4.90 Å². The molecule has 1 saturated heterocycles. The number of sulfonamides is 1. The van der Waals surface area contributed by atoms with Crippen LogP contribution >= 0.6 is 12.4 Å². The fraction of sp³-hybridized carbons (Fsp3) is 0.571. The third kappa shape index (κ3) is 4.41. The lowest BCUT2D eigenvalue weighted by atomic mass is 10.0. The van der Waals surface area contributed by atoms with E-state index in [-0.39, 0.29) is 35.1 Å². The molecule has 130 valence electrons. The molecule has 9 heteroatoms. The van der Waals surface area contributed by atoms with Crippen molar-refractivity contribution in [2.45, 2.75) is 50.6 Å². The van der Waals surface area contributed by atoms with Crippen molar-refractivity contribution < 1.29 is 13.3 Å². The van der Waals surface area contributed by atoms with Gasteiger partial charge in [-0.1, -0.05) is 6.07 Å². The molecule has 1 heterocycles. The molecular formula is C14H22ClN3O4S. The number of nitrogens with zero attached hydrogens (tertiary/aromatic N) is 1. The summed E-state index contributed by atoms with van der Waals surface area (Å²) in [6.07, 6.45) is 1.33. The quantitative estimate of drug-likeness (QED) is 0.629. The normalized spacial score (nSPS) is 21.5. The van der Waals surface area contributed by atoms with Crippen LogP contribution in [-0.4, -0.2) is 32.0 Å². The number of nitrogens with one attached hydrogen (secondary N) is 2. The number of piperidine rings is 1. The minimum absolute atomic E-state index is 0. The maximum atomic E-state index is 12.7. The molecule has 2 rings (SSSR count). The summed E-state index contributed by atoms with van der Waals surface area (Å²) >= 11 is 0. The molecule has 1 aromatic rings. The first-order chi connectivity index (χ1) is 10.2. The summed E-state index contributed by atoms with van der Waals surface area (Å²) in [5.74, 6) is 0. The van der Waals surface area contributed by atoms with E-state index in [1.54, 1.807) is 19.9 Å². The van der Waals surface area contributed by atoms with Crippen LogP contribution < -0.4 is 10.0 Å². The Morgan fingerprint density at radius 1 is 1.35 bits per heavy atom. The minimum atomic E-state index is -3.93. The Bertz CT molecular complexity index is 694. The average molecular weight is 364 g/mol. The van der Waals surface area contributed by atoms with E-state index in [1.807, 2.05) is 6.92 Å². The van der Waals surface area contributed by atoms with Gasteiger partial charge in [-0.3, -0.25) is 10.1 Å². The molecule has 0 spiro atoms. The number of nitro groups is 1. The molecule has 0 amide bonds. The number of rotatable bonds is 4. The Balaban J connectivity index is 0.00000264. The summed E-state index contributed by atoms with van der Waals surface area (Å²) in [4.78, 5) is 10.3. The van der Waals surface area contributed by atoms with Gasteiger partial charge in [0.25, 0.3) is 5.69 Å². The van der Waals surface area contributed by atoms with Crippen LogP contribution in [0.2, 0.25) is 0 Å². The fourth-order valence-electron chi connectivity index (χ4n) is 2.78. The van der Waals surface area contributed by atoms with Crippen LogP contribution in [0, 0.1) is 24.0 Å². The molecule has 7 nitrogen and oxygen atoms in total. The zero-order valence-corrected chi connectivity index (χ0v) is 15.0. The van der Waals surface area contributed by atoms with Gasteiger partial charge in [0.1, 0.15) is 0 Å². The van der Waals surface area contributed by atoms with Gasteiger partial charge in [0.05, 0.1) is 4.92 Å². The van der Waals surface area contributed by atoms with Crippen molar-refractivity contribution in [3.63, 3.8) is 0 Å². The third-order valence-corrected chi connectivity index (χ3v) is 5.76. The monoisotopic (exact) mass is 363 g/mol. The second-order valence-electron chi connectivity index (χ2n) is 5.81. The van der Waals surface area contributed by atoms with E-state index >= 15 is 0 Å². The van der Waals surface area contributed by atoms with Crippen LogP contribution in [0.4, 0.5) is 5.69 Å². The Hall–Kier alpha value is -1.22. The highest BCUT2D eigenvalue weighted by molar-refractivity contribution is 7.89. The lowest BCUT2D eigenvalue weighted by molar-refractivity contribution is -0.387. The fourth-order valence-corrected chi connectivity index (χ4v) is 4.53. The van der Waals surface area contributed by atoms with E-state index in [0.29, 0.717) is 24.0 Å². The molecule has 1 aliphatic heterocycles. The number of halogens is 1. The highest BCUT2D eigenvalue weighted by atomic mass is 35.5. The number of hydrogen-bond acceptors (Lipinski definition) is 5. The van der Waals surface area contributed by atoms with E-state index in [1.165, 1.54) is 6.07 Å². The van der Waals surface area contributed by atoms with Crippen LogP contribution in [0.3, 0.4) is 0 Å². The van der Waals surface area contributed by atoms with Crippen LogP contribution in [-0.2, 0) is 10.0 Å². The molecule has 1 aromatic carbocycles. The molecule has 2 atom stereocenters. The zero-order valence-electron chi connectivity index (χ0n) is 13.3. The molecule has 1 fully saturated rings. The van der Waals surface area contributed by atoms with Crippen LogP contribution in [0.15, 0.2) is 17.0 Å². The van der Waals surface area contributed by atoms with Crippen LogP contribution in [0.25, 0.3) is 0 Å². The van der Waals surface area contributed by atoms with Crippen molar-refractivity contribution in [1.29, 1.82) is 0 Å². The first-order valence-corrected chi connectivity index (χ1v) is 8.71. The summed E-state index contributed by atoms with van der Waals surface area (Å²) in [5.41, 5.74) is 0.755. The van der Waals surface area contributed by atoms with E-state index in [0.717, 1.165) is 6.54 Å². The van der Waals surface area contributed by atoms with E-state index in [9.17, 15) is 18.5 Å². The summed E-state index contributed by atoms with van der Waals surface area (Å²) < 4.78 is 28.0. The molecule has 2 N–H and O–H groups in total. The third-order valence-electron chi connectivity index (χ3n) is 4.07. The second-order valence-corrected chi connectivity index (χ2v) is 7.46. The summed E-state index contributed by atoms with van der Waals surface area (Å²) in [6.45, 7) is 6.05. The van der Waals surface area contributed by atoms with Gasteiger partial charge in [0.2, 0.25) is 10.0 Å². The number of hydrogen-bond donors (Lipinski definition) is 2. The maximum absolute atomic E-state index is 12.7. The summed E-state index contributed by atoms with van der Waals surface area (Å²) in [5, 5.41) is 14.4. The largest absolute Gasteiger partial charge is 0.314 e. The lowest BCUT2D eigenvalue weighted by Crippen LogP contribution is -2.46. The lowest BCUT2D eigenvalue weighted by Gasteiger charge is -2.28. The van der Waals surface area contributed by atoms with Crippen molar-refractivity contribution >= 4 is 28.1 Å². The Morgan fingerprint density at radius 2 is 2.00 bits per heavy atom. The Morgan fingerprint density at radius 3 is 2.57 bits per heavy atom. The predicted octanol–water partition coefficient (Wildman–Crippen LogP) is 2.05. The highest BCUT2D eigenvalue weighted by Gasteiger charge is 2.32. The van der Waals surface area contributed by atoms with E-state index in [2.05, 4.69) is 10.0 Å². The molecule has 0 radical (unpaired) electrons. The number of aryl methyl sites for hydroxylation is 1. The zero-order chi connectivity index (χ0) is 16.5. The highest BCUT2D eigenvalue weighted by Crippen LogP contribution is 2.29.